The lowest BCUT2D eigenvalue weighted by Gasteiger charge is -2.38. The van der Waals surface area contributed by atoms with Gasteiger partial charge < -0.3 is 4.90 Å². The number of piperazine rings is 1. The molecule has 2 aromatic carbocycles. The van der Waals surface area contributed by atoms with E-state index in [9.17, 15) is 5.26 Å². The Hall–Kier alpha value is -3.07. The molecule has 2 aromatic heterocycles. The first kappa shape index (κ1) is 23.7. The molecule has 0 amide bonds. The Kier molecular flexibility index (Phi) is 6.69. The third-order valence-electron chi connectivity index (χ3n) is 7.17. The molecule has 3 heterocycles. The summed E-state index contributed by atoms with van der Waals surface area (Å²) in [6.07, 6.45) is 2.05. The summed E-state index contributed by atoms with van der Waals surface area (Å²) in [5, 5.41) is 10.9. The maximum Gasteiger partial charge on any atom is 0.157 e. The summed E-state index contributed by atoms with van der Waals surface area (Å²) >= 11 is 6.07. The van der Waals surface area contributed by atoms with E-state index in [1.165, 1.54) is 16.9 Å². The second kappa shape index (κ2) is 9.89. The average Bonchev–Trinajstić information content (AvgIpc) is 3.23. The largest absolute Gasteiger partial charge is 0.355 e. The zero-order valence-electron chi connectivity index (χ0n) is 20.8. The number of pyridine rings is 1. The summed E-state index contributed by atoms with van der Waals surface area (Å²) in [6.45, 7) is 11.4. The van der Waals surface area contributed by atoms with Crippen molar-refractivity contribution in [1.29, 1.82) is 5.26 Å². The summed E-state index contributed by atoms with van der Waals surface area (Å²) < 4.78 is 2.26. The topological polar surface area (TPSA) is 47.6 Å². The van der Waals surface area contributed by atoms with E-state index in [4.69, 9.17) is 16.6 Å². The summed E-state index contributed by atoms with van der Waals surface area (Å²) in [6, 6.07) is 18.9. The van der Waals surface area contributed by atoms with Crippen LogP contribution in [0.5, 0.6) is 0 Å². The van der Waals surface area contributed by atoms with Gasteiger partial charge in [-0.15, -0.1) is 0 Å². The monoisotopic (exact) mass is 485 g/mol. The van der Waals surface area contributed by atoms with E-state index in [1.54, 1.807) is 0 Å². The van der Waals surface area contributed by atoms with E-state index in [0.29, 0.717) is 11.5 Å². The van der Waals surface area contributed by atoms with Crippen molar-refractivity contribution >= 4 is 34.1 Å². The van der Waals surface area contributed by atoms with Crippen molar-refractivity contribution < 1.29 is 0 Å². The van der Waals surface area contributed by atoms with Crippen molar-refractivity contribution in [3.8, 4) is 6.07 Å². The first-order valence-electron chi connectivity index (χ1n) is 12.5. The van der Waals surface area contributed by atoms with Crippen LogP contribution in [0.2, 0.25) is 5.02 Å². The van der Waals surface area contributed by atoms with Gasteiger partial charge in [0.2, 0.25) is 0 Å². The number of benzene rings is 2. The molecule has 0 unspecified atom stereocenters. The molecule has 5 nitrogen and oxygen atoms in total. The Morgan fingerprint density at radius 3 is 2.43 bits per heavy atom. The van der Waals surface area contributed by atoms with Gasteiger partial charge in [-0.25, -0.2) is 4.98 Å². The minimum Gasteiger partial charge on any atom is -0.355 e. The minimum atomic E-state index is 0.597. The van der Waals surface area contributed by atoms with Crippen molar-refractivity contribution in [2.24, 2.45) is 5.92 Å². The fourth-order valence-electron chi connectivity index (χ4n) is 5.19. The van der Waals surface area contributed by atoms with E-state index in [0.717, 1.165) is 72.8 Å². The third-order valence-corrected chi connectivity index (χ3v) is 7.42. The molecule has 0 radical (unpaired) electrons. The lowest BCUT2D eigenvalue weighted by atomic mass is 9.96. The van der Waals surface area contributed by atoms with Crippen molar-refractivity contribution in [1.82, 2.24) is 14.3 Å². The third kappa shape index (κ3) is 4.61. The van der Waals surface area contributed by atoms with Crippen LogP contribution >= 0.6 is 11.6 Å². The van der Waals surface area contributed by atoms with Crippen LogP contribution < -0.4 is 4.90 Å². The van der Waals surface area contributed by atoms with Gasteiger partial charge in [0, 0.05) is 37.7 Å². The number of hydrogen-bond donors (Lipinski definition) is 0. The van der Waals surface area contributed by atoms with Crippen LogP contribution in [0.4, 0.5) is 5.82 Å². The molecule has 0 bridgehead atoms. The molecule has 1 aliphatic rings. The minimum absolute atomic E-state index is 0.597. The van der Waals surface area contributed by atoms with Gasteiger partial charge in [-0.1, -0.05) is 49.7 Å². The molecular weight excluding hydrogens is 454 g/mol. The Morgan fingerprint density at radius 1 is 1.03 bits per heavy atom. The lowest BCUT2D eigenvalue weighted by Crippen LogP contribution is -2.47. The second-order valence-electron chi connectivity index (χ2n) is 10.00. The van der Waals surface area contributed by atoms with Gasteiger partial charge >= 0.3 is 0 Å². The van der Waals surface area contributed by atoms with Crippen LogP contribution in [0, 0.1) is 24.2 Å². The molecule has 35 heavy (non-hydrogen) atoms. The van der Waals surface area contributed by atoms with Gasteiger partial charge in [0.15, 0.2) is 5.65 Å². The molecular formula is C29H32ClN5. The molecule has 1 aliphatic heterocycles. The van der Waals surface area contributed by atoms with Crippen molar-refractivity contribution in [3.05, 3.63) is 75.8 Å². The van der Waals surface area contributed by atoms with E-state index < -0.39 is 0 Å². The van der Waals surface area contributed by atoms with Gasteiger partial charge in [0.25, 0.3) is 0 Å². The van der Waals surface area contributed by atoms with Crippen molar-refractivity contribution in [2.45, 2.75) is 40.2 Å². The highest BCUT2D eigenvalue weighted by Crippen LogP contribution is 2.35. The number of aromatic nitrogens is 2. The highest BCUT2D eigenvalue weighted by Gasteiger charge is 2.26. The molecule has 4 aromatic rings. The van der Waals surface area contributed by atoms with Crippen LogP contribution in [0.25, 0.3) is 16.7 Å². The van der Waals surface area contributed by atoms with Gasteiger partial charge in [-0.05, 0) is 66.6 Å². The number of rotatable bonds is 6. The number of nitriles is 1. The van der Waals surface area contributed by atoms with Crippen molar-refractivity contribution in [2.75, 3.05) is 31.1 Å². The van der Waals surface area contributed by atoms with E-state index in [1.807, 2.05) is 24.3 Å². The highest BCUT2D eigenvalue weighted by molar-refractivity contribution is 6.30. The number of nitrogens with zero attached hydrogens (tertiary/aromatic N) is 5. The number of para-hydroxylation sites is 2. The first-order chi connectivity index (χ1) is 17.0. The van der Waals surface area contributed by atoms with Gasteiger partial charge in [0.05, 0.1) is 16.6 Å². The summed E-state index contributed by atoms with van der Waals surface area (Å²) in [7, 11) is 0. The van der Waals surface area contributed by atoms with Crippen LogP contribution in [0.15, 0.2) is 48.5 Å². The summed E-state index contributed by atoms with van der Waals surface area (Å²) in [5.74, 6) is 1.82. The van der Waals surface area contributed by atoms with E-state index in [-0.39, 0.29) is 0 Å². The number of halogens is 1. The Labute approximate surface area is 212 Å². The van der Waals surface area contributed by atoms with Crippen molar-refractivity contribution in [3.63, 3.8) is 0 Å². The number of anilines is 1. The molecule has 0 saturated carbocycles. The second-order valence-corrected chi connectivity index (χ2v) is 10.4. The molecule has 0 N–H and O–H groups in total. The normalized spacial score (nSPS) is 14.8. The quantitative estimate of drug-likeness (QED) is 0.324. The molecule has 1 fully saturated rings. The lowest BCUT2D eigenvalue weighted by molar-refractivity contribution is 0.249. The van der Waals surface area contributed by atoms with Crippen LogP contribution in [-0.2, 0) is 13.0 Å². The molecule has 180 valence electrons. The molecule has 0 aliphatic carbocycles. The van der Waals surface area contributed by atoms with E-state index >= 15 is 0 Å². The van der Waals surface area contributed by atoms with Crippen LogP contribution in [0.3, 0.4) is 0 Å². The Balaban J connectivity index is 1.55. The zero-order chi connectivity index (χ0) is 24.5. The first-order valence-corrected chi connectivity index (χ1v) is 12.9. The van der Waals surface area contributed by atoms with Gasteiger partial charge in [-0.3, -0.25) is 9.30 Å². The predicted molar refractivity (Wildman–Crippen MR) is 144 cm³/mol. The standard InChI is InChI=1S/C29H32ClN5/c1-20(2)8-13-24-21(3)25(18-31)28-32-26-6-4-5-7-27(26)35(28)29(24)34-16-14-33(15-17-34)19-22-9-11-23(30)12-10-22/h4-7,9-12,20H,8,13-17,19H2,1-3H3. The maximum absolute atomic E-state index is 10.1. The van der Waals surface area contributed by atoms with Crippen LogP contribution in [0.1, 0.15) is 42.5 Å². The number of hydrogen-bond acceptors (Lipinski definition) is 4. The van der Waals surface area contributed by atoms with E-state index in [2.05, 4.69) is 65.3 Å². The van der Waals surface area contributed by atoms with Crippen LogP contribution in [-0.4, -0.2) is 40.5 Å². The molecule has 1 saturated heterocycles. The fourth-order valence-corrected chi connectivity index (χ4v) is 5.32. The zero-order valence-corrected chi connectivity index (χ0v) is 21.5. The fraction of sp³-hybridized carbons (Fsp3) is 0.379. The van der Waals surface area contributed by atoms with Gasteiger partial charge in [0.1, 0.15) is 11.9 Å². The SMILES string of the molecule is Cc1c(CCC(C)C)c(N2CCN(Cc3ccc(Cl)cc3)CC2)n2c(nc3ccccc32)c1C#N. The number of imidazole rings is 1. The molecule has 0 atom stereocenters. The average molecular weight is 486 g/mol. The Bertz CT molecular complexity index is 1390. The predicted octanol–water partition coefficient (Wildman–Crippen LogP) is 6.23. The number of fused-ring (bicyclic) bond motifs is 3. The highest BCUT2D eigenvalue weighted by atomic mass is 35.5. The maximum atomic E-state index is 10.1. The molecule has 5 rings (SSSR count). The summed E-state index contributed by atoms with van der Waals surface area (Å²) in [5.41, 5.74) is 7.14. The summed E-state index contributed by atoms with van der Waals surface area (Å²) in [4.78, 5) is 9.93. The Morgan fingerprint density at radius 2 is 1.74 bits per heavy atom. The molecule has 6 heteroatoms. The smallest absolute Gasteiger partial charge is 0.157 e. The molecule has 0 spiro atoms. The van der Waals surface area contributed by atoms with Gasteiger partial charge in [-0.2, -0.15) is 5.26 Å².